The lowest BCUT2D eigenvalue weighted by Crippen LogP contribution is -2.16. The average molecular weight is 448 g/mol. The van der Waals surface area contributed by atoms with Crippen molar-refractivity contribution in [3.63, 3.8) is 0 Å². The molecule has 9 nitrogen and oxygen atoms in total. The van der Waals surface area contributed by atoms with Gasteiger partial charge in [0.1, 0.15) is 12.7 Å². The van der Waals surface area contributed by atoms with Crippen LogP contribution < -0.4 is 5.32 Å². The van der Waals surface area contributed by atoms with Crippen LogP contribution in [0.3, 0.4) is 0 Å². The van der Waals surface area contributed by atoms with Gasteiger partial charge in [-0.3, -0.25) is 4.79 Å². The molecule has 1 amide bonds. The summed E-state index contributed by atoms with van der Waals surface area (Å²) in [6.07, 6.45) is 3.42. The number of anilines is 1. The van der Waals surface area contributed by atoms with Gasteiger partial charge in [0, 0.05) is 10.4 Å². The fraction of sp³-hybridized carbons (Fsp3) is 0.176. The average Bonchev–Trinajstić information content (AvgIpc) is 3.43. The van der Waals surface area contributed by atoms with Gasteiger partial charge in [-0.15, -0.1) is 21.5 Å². The quantitative estimate of drug-likeness (QED) is 0.429. The minimum absolute atomic E-state index is 0.0980. The third kappa shape index (κ3) is 5.00. The number of carbonyl (C=O) groups is 1. The summed E-state index contributed by atoms with van der Waals surface area (Å²) in [5, 5.41) is 18.6. The molecule has 0 spiro atoms. The smallest absolute Gasteiger partial charge is 0.277 e. The molecule has 0 aliphatic carbocycles. The largest absolute Gasteiger partial charge is 0.416 e. The molecule has 0 atom stereocenters. The van der Waals surface area contributed by atoms with Gasteiger partial charge in [0.05, 0.1) is 34.2 Å². The standard InChI is InChI=1S/C17H14ClN7O2S2/c1-10-21-12(6-28-10)5-16-23-24-17(27-16)29-7-15(26)22-13-4-11(18)2-3-14(13)25-9-19-8-20-25/h2-4,6,8-9H,5,7H2,1H3,(H,22,26). The molecule has 3 aromatic heterocycles. The number of halogens is 1. The predicted octanol–water partition coefficient (Wildman–Crippen LogP) is 3.39. The maximum atomic E-state index is 12.4. The first-order valence-corrected chi connectivity index (χ1v) is 10.6. The van der Waals surface area contributed by atoms with Gasteiger partial charge in [-0.2, -0.15) is 5.10 Å². The number of hydrogen-bond donors (Lipinski definition) is 1. The number of rotatable bonds is 7. The number of benzene rings is 1. The van der Waals surface area contributed by atoms with Crippen LogP contribution in [-0.2, 0) is 11.2 Å². The molecule has 0 bridgehead atoms. The molecule has 0 aliphatic heterocycles. The molecule has 1 N–H and O–H groups in total. The summed E-state index contributed by atoms with van der Waals surface area (Å²) >= 11 is 8.79. The Balaban J connectivity index is 1.37. The number of aryl methyl sites for hydroxylation is 1. The maximum absolute atomic E-state index is 12.4. The van der Waals surface area contributed by atoms with E-state index in [1.807, 2.05) is 12.3 Å². The van der Waals surface area contributed by atoms with Crippen LogP contribution in [0.25, 0.3) is 5.69 Å². The molecule has 148 valence electrons. The van der Waals surface area contributed by atoms with Crippen molar-refractivity contribution in [1.29, 1.82) is 0 Å². The molecule has 4 rings (SSSR count). The van der Waals surface area contributed by atoms with E-state index in [2.05, 4.69) is 30.6 Å². The van der Waals surface area contributed by atoms with Crippen molar-refractivity contribution in [2.24, 2.45) is 0 Å². The second-order valence-electron chi connectivity index (χ2n) is 5.83. The summed E-state index contributed by atoms with van der Waals surface area (Å²) < 4.78 is 7.13. The molecule has 0 saturated carbocycles. The van der Waals surface area contributed by atoms with E-state index in [-0.39, 0.29) is 11.7 Å². The minimum atomic E-state index is -0.242. The highest BCUT2D eigenvalue weighted by Crippen LogP contribution is 2.25. The molecular formula is C17H14ClN7O2S2. The molecule has 0 aliphatic rings. The molecule has 3 heterocycles. The number of amides is 1. The maximum Gasteiger partial charge on any atom is 0.277 e. The highest BCUT2D eigenvalue weighted by molar-refractivity contribution is 7.99. The molecule has 4 aromatic rings. The Kier molecular flexibility index (Phi) is 5.88. The summed E-state index contributed by atoms with van der Waals surface area (Å²) in [5.41, 5.74) is 2.06. The van der Waals surface area contributed by atoms with Gasteiger partial charge in [0.25, 0.3) is 5.22 Å². The Morgan fingerprint density at radius 1 is 1.38 bits per heavy atom. The predicted molar refractivity (Wildman–Crippen MR) is 110 cm³/mol. The lowest BCUT2D eigenvalue weighted by molar-refractivity contribution is -0.113. The lowest BCUT2D eigenvalue weighted by Gasteiger charge is -2.10. The van der Waals surface area contributed by atoms with Crippen LogP contribution in [0.5, 0.6) is 0 Å². The van der Waals surface area contributed by atoms with Crippen LogP contribution in [0.1, 0.15) is 16.6 Å². The second-order valence-corrected chi connectivity index (χ2v) is 8.26. The van der Waals surface area contributed by atoms with Gasteiger partial charge < -0.3 is 9.73 Å². The van der Waals surface area contributed by atoms with E-state index >= 15 is 0 Å². The number of hydrogen-bond acceptors (Lipinski definition) is 9. The van der Waals surface area contributed by atoms with Gasteiger partial charge in [-0.25, -0.2) is 14.6 Å². The van der Waals surface area contributed by atoms with Crippen LogP contribution in [0.15, 0.2) is 45.9 Å². The van der Waals surface area contributed by atoms with Gasteiger partial charge in [-0.05, 0) is 25.1 Å². The molecule has 29 heavy (non-hydrogen) atoms. The van der Waals surface area contributed by atoms with Crippen molar-refractivity contribution in [1.82, 2.24) is 29.9 Å². The number of thiazole rings is 1. The fourth-order valence-corrected chi connectivity index (χ4v) is 3.83. The number of thioether (sulfide) groups is 1. The number of nitrogens with one attached hydrogen (secondary N) is 1. The van der Waals surface area contributed by atoms with Gasteiger partial charge in [-0.1, -0.05) is 23.4 Å². The Bertz CT molecular complexity index is 1130. The fourth-order valence-electron chi connectivity index (χ4n) is 2.47. The van der Waals surface area contributed by atoms with Gasteiger partial charge in [0.2, 0.25) is 11.8 Å². The van der Waals surface area contributed by atoms with E-state index < -0.39 is 0 Å². The van der Waals surface area contributed by atoms with Gasteiger partial charge >= 0.3 is 0 Å². The first-order valence-electron chi connectivity index (χ1n) is 8.37. The van der Waals surface area contributed by atoms with Crippen molar-refractivity contribution in [3.8, 4) is 5.69 Å². The topological polar surface area (TPSA) is 112 Å². The van der Waals surface area contributed by atoms with E-state index in [0.717, 1.165) is 22.5 Å². The zero-order chi connectivity index (χ0) is 20.2. The Morgan fingerprint density at radius 2 is 2.28 bits per heavy atom. The minimum Gasteiger partial charge on any atom is -0.416 e. The van der Waals surface area contributed by atoms with Crippen molar-refractivity contribution >= 4 is 46.3 Å². The van der Waals surface area contributed by atoms with Crippen LogP contribution in [0.4, 0.5) is 5.69 Å². The van der Waals surface area contributed by atoms with Crippen LogP contribution in [0, 0.1) is 6.92 Å². The van der Waals surface area contributed by atoms with Gasteiger partial charge in [0.15, 0.2) is 0 Å². The monoisotopic (exact) mass is 447 g/mol. The molecule has 1 aromatic carbocycles. The summed E-state index contributed by atoms with van der Waals surface area (Å²) in [7, 11) is 0. The number of aromatic nitrogens is 6. The zero-order valence-electron chi connectivity index (χ0n) is 15.1. The summed E-state index contributed by atoms with van der Waals surface area (Å²) in [6.45, 7) is 1.94. The normalized spacial score (nSPS) is 11.0. The van der Waals surface area contributed by atoms with Crippen molar-refractivity contribution in [3.05, 3.63) is 57.8 Å². The molecule has 0 saturated heterocycles. The molecule has 0 radical (unpaired) electrons. The molecular weight excluding hydrogens is 434 g/mol. The van der Waals surface area contributed by atoms with E-state index in [4.69, 9.17) is 16.0 Å². The molecule has 12 heteroatoms. The highest BCUT2D eigenvalue weighted by Gasteiger charge is 2.14. The first kappa shape index (κ1) is 19.6. The highest BCUT2D eigenvalue weighted by atomic mass is 35.5. The SMILES string of the molecule is Cc1nc(Cc2nnc(SCC(=O)Nc3cc(Cl)ccc3-n3cncn3)o2)cs1. The van der Waals surface area contributed by atoms with E-state index in [9.17, 15) is 4.79 Å². The van der Waals surface area contributed by atoms with E-state index in [0.29, 0.717) is 33.9 Å². The van der Waals surface area contributed by atoms with Crippen molar-refractivity contribution in [2.75, 3.05) is 11.1 Å². The third-order valence-electron chi connectivity index (χ3n) is 3.67. The summed E-state index contributed by atoms with van der Waals surface area (Å²) in [5.74, 6) is 0.316. The van der Waals surface area contributed by atoms with E-state index in [1.165, 1.54) is 12.7 Å². The van der Waals surface area contributed by atoms with Crippen LogP contribution in [-0.4, -0.2) is 41.6 Å². The number of nitrogens with zero attached hydrogens (tertiary/aromatic N) is 6. The Hall–Kier alpha value is -2.76. The Morgan fingerprint density at radius 3 is 3.03 bits per heavy atom. The molecule has 0 unspecified atom stereocenters. The van der Waals surface area contributed by atoms with Crippen LogP contribution in [0.2, 0.25) is 5.02 Å². The number of carbonyl (C=O) groups excluding carboxylic acids is 1. The third-order valence-corrected chi connectivity index (χ3v) is 5.55. The van der Waals surface area contributed by atoms with Crippen molar-refractivity contribution < 1.29 is 9.21 Å². The molecule has 0 fully saturated rings. The Labute approximate surface area is 178 Å². The van der Waals surface area contributed by atoms with Crippen molar-refractivity contribution in [2.45, 2.75) is 18.6 Å². The van der Waals surface area contributed by atoms with E-state index in [1.54, 1.807) is 34.2 Å². The van der Waals surface area contributed by atoms with Crippen LogP contribution >= 0.6 is 34.7 Å². The summed E-state index contributed by atoms with van der Waals surface area (Å²) in [4.78, 5) is 20.7. The zero-order valence-corrected chi connectivity index (χ0v) is 17.5. The lowest BCUT2D eigenvalue weighted by atomic mass is 10.2. The second kappa shape index (κ2) is 8.72. The summed E-state index contributed by atoms with van der Waals surface area (Å²) in [6, 6.07) is 5.12. The first-order chi connectivity index (χ1) is 14.1.